The van der Waals surface area contributed by atoms with E-state index < -0.39 is 0 Å². The molecule has 0 aliphatic rings. The van der Waals surface area contributed by atoms with Gasteiger partial charge < -0.3 is 9.80 Å². The van der Waals surface area contributed by atoms with Crippen molar-refractivity contribution in [1.29, 1.82) is 0 Å². The van der Waals surface area contributed by atoms with Crippen LogP contribution in [0.25, 0.3) is 0 Å². The van der Waals surface area contributed by atoms with Crippen LogP contribution < -0.4 is 0 Å². The Morgan fingerprint density at radius 3 is 1.52 bits per heavy atom. The minimum atomic E-state index is 0.823. The summed E-state index contributed by atoms with van der Waals surface area (Å²) in [6.45, 7) is 16.8. The largest absolute Gasteiger partial charge is 0.306 e. The van der Waals surface area contributed by atoms with Crippen molar-refractivity contribution in [2.45, 2.75) is 195 Å². The number of hydrogen-bond donors (Lipinski definition) is 0. The van der Waals surface area contributed by atoms with Gasteiger partial charge in [0.05, 0.1) is 0 Å². The van der Waals surface area contributed by atoms with Gasteiger partial charge >= 0.3 is 0 Å². The molecule has 0 aromatic rings. The Kier molecular flexibility index (Phi) is 33.7. The van der Waals surface area contributed by atoms with Crippen molar-refractivity contribution in [2.24, 2.45) is 17.8 Å². The van der Waals surface area contributed by atoms with Gasteiger partial charge in [-0.05, 0) is 122 Å². The Labute approximate surface area is 281 Å². The van der Waals surface area contributed by atoms with Gasteiger partial charge in [-0.15, -0.1) is 0 Å². The summed E-state index contributed by atoms with van der Waals surface area (Å²) >= 11 is 0. The zero-order chi connectivity index (χ0) is 32.5. The third kappa shape index (κ3) is 34.5. The van der Waals surface area contributed by atoms with E-state index in [1.807, 2.05) is 0 Å². The molecule has 0 saturated heterocycles. The van der Waals surface area contributed by atoms with E-state index in [9.17, 15) is 0 Å². The van der Waals surface area contributed by atoms with Crippen LogP contribution in [0.1, 0.15) is 195 Å². The van der Waals surface area contributed by atoms with Gasteiger partial charge in [-0.2, -0.15) is 0 Å². The summed E-state index contributed by atoms with van der Waals surface area (Å²) < 4.78 is 0. The molecule has 0 spiro atoms. The normalized spacial score (nSPS) is 13.1. The molecule has 0 saturated carbocycles. The fraction of sp³-hybridized carbons (Fsp3) is 0.929. The minimum Gasteiger partial charge on any atom is -0.306 e. The highest BCUT2D eigenvalue weighted by Gasteiger charge is 2.13. The highest BCUT2D eigenvalue weighted by atomic mass is 15.1. The first kappa shape index (κ1) is 43.7. The molecule has 2 heteroatoms. The Hall–Kier alpha value is -0.340. The van der Waals surface area contributed by atoms with Gasteiger partial charge in [-0.1, -0.05) is 143 Å². The molecule has 0 aromatic heterocycles. The standard InChI is InChI=1S/C42H85N2/c1-8-9-10-11-12-13-14-15-16-17-18-23-28-34-42(39-44(7)37-30-25-20-22-27-33-41(4)5)35-31-38-43(6)36-29-24-19-21-26-32-40(2)3/h15-16,28,40-42H,8-14,17-27,29-39H2,1-7H3/b16-15-. The predicted octanol–water partition coefficient (Wildman–Crippen LogP) is 13.3. The summed E-state index contributed by atoms with van der Waals surface area (Å²) in [5, 5.41) is 0. The van der Waals surface area contributed by atoms with Gasteiger partial charge in [0.2, 0.25) is 0 Å². The van der Waals surface area contributed by atoms with Gasteiger partial charge in [-0.3, -0.25) is 0 Å². The summed E-state index contributed by atoms with van der Waals surface area (Å²) in [4.78, 5) is 5.26. The average molecular weight is 618 g/mol. The molecular weight excluding hydrogens is 532 g/mol. The highest BCUT2D eigenvalue weighted by Crippen LogP contribution is 2.19. The van der Waals surface area contributed by atoms with Crippen molar-refractivity contribution in [3.05, 3.63) is 18.6 Å². The zero-order valence-corrected chi connectivity index (χ0v) is 31.9. The van der Waals surface area contributed by atoms with Crippen LogP contribution in [-0.4, -0.2) is 50.1 Å². The lowest BCUT2D eigenvalue weighted by Crippen LogP contribution is -2.28. The second kappa shape index (κ2) is 34.0. The summed E-state index contributed by atoms with van der Waals surface area (Å²) in [5.74, 6) is 2.56. The number of nitrogens with zero attached hydrogens (tertiary/aromatic N) is 2. The second-order valence-electron chi connectivity index (χ2n) is 15.5. The minimum absolute atomic E-state index is 0.823. The van der Waals surface area contributed by atoms with Crippen LogP contribution in [0.5, 0.6) is 0 Å². The van der Waals surface area contributed by atoms with E-state index in [4.69, 9.17) is 0 Å². The highest BCUT2D eigenvalue weighted by molar-refractivity contribution is 4.83. The van der Waals surface area contributed by atoms with E-state index in [1.54, 1.807) is 0 Å². The molecule has 0 N–H and O–H groups in total. The summed E-state index contributed by atoms with van der Waals surface area (Å²) in [5.41, 5.74) is 0. The monoisotopic (exact) mass is 618 g/mol. The molecule has 0 aliphatic heterocycles. The maximum Gasteiger partial charge on any atom is 0.000672 e. The van der Waals surface area contributed by atoms with Crippen molar-refractivity contribution in [2.75, 3.05) is 40.3 Å². The van der Waals surface area contributed by atoms with E-state index in [0.29, 0.717) is 0 Å². The molecule has 1 atom stereocenters. The third-order valence-corrected chi connectivity index (χ3v) is 9.53. The molecule has 0 heterocycles. The van der Waals surface area contributed by atoms with Gasteiger partial charge in [0.25, 0.3) is 0 Å². The van der Waals surface area contributed by atoms with Crippen LogP contribution in [0, 0.1) is 24.2 Å². The molecule has 0 amide bonds. The third-order valence-electron chi connectivity index (χ3n) is 9.53. The van der Waals surface area contributed by atoms with Gasteiger partial charge in [-0.25, -0.2) is 0 Å². The van der Waals surface area contributed by atoms with Gasteiger partial charge in [0, 0.05) is 6.54 Å². The van der Waals surface area contributed by atoms with E-state index in [-0.39, 0.29) is 0 Å². The SMILES string of the molecule is CCCCCCCC/C=C\CCC[CH]CC(CCCN(C)CCCCCCCC(C)C)CN(C)CCCCCCCC(C)C. The lowest BCUT2D eigenvalue weighted by molar-refractivity contribution is 0.244. The Bertz CT molecular complexity index is 568. The Morgan fingerprint density at radius 1 is 0.455 bits per heavy atom. The van der Waals surface area contributed by atoms with E-state index in [2.05, 4.69) is 77.1 Å². The van der Waals surface area contributed by atoms with Crippen molar-refractivity contribution in [3.63, 3.8) is 0 Å². The Balaban J connectivity index is 4.24. The molecule has 0 aliphatic carbocycles. The maximum atomic E-state index is 2.65. The van der Waals surface area contributed by atoms with Crippen LogP contribution in [0.3, 0.4) is 0 Å². The second-order valence-corrected chi connectivity index (χ2v) is 15.5. The van der Waals surface area contributed by atoms with E-state index >= 15 is 0 Å². The lowest BCUT2D eigenvalue weighted by atomic mass is 9.95. The fourth-order valence-corrected chi connectivity index (χ4v) is 6.52. The number of hydrogen-bond acceptors (Lipinski definition) is 2. The first-order chi connectivity index (χ1) is 21.3. The molecule has 0 rings (SSSR count). The van der Waals surface area contributed by atoms with Crippen LogP contribution >= 0.6 is 0 Å². The van der Waals surface area contributed by atoms with E-state index in [0.717, 1.165) is 17.8 Å². The molecule has 2 nitrogen and oxygen atoms in total. The van der Waals surface area contributed by atoms with Crippen LogP contribution in [0.4, 0.5) is 0 Å². The molecule has 0 fully saturated rings. The summed E-state index contributed by atoms with van der Waals surface area (Å²) in [6, 6.07) is 0. The maximum absolute atomic E-state index is 2.65. The molecule has 44 heavy (non-hydrogen) atoms. The smallest absolute Gasteiger partial charge is 0.000672 e. The molecule has 0 bridgehead atoms. The summed E-state index contributed by atoms with van der Waals surface area (Å²) in [7, 11) is 4.74. The predicted molar refractivity (Wildman–Crippen MR) is 203 cm³/mol. The van der Waals surface area contributed by atoms with Gasteiger partial charge in [0.1, 0.15) is 0 Å². The number of unbranched alkanes of at least 4 members (excludes halogenated alkanes) is 17. The number of rotatable bonds is 35. The quantitative estimate of drug-likeness (QED) is 0.0515. The molecular formula is C42H85N2. The van der Waals surface area contributed by atoms with Crippen LogP contribution in [0.2, 0.25) is 0 Å². The van der Waals surface area contributed by atoms with Crippen LogP contribution in [-0.2, 0) is 0 Å². The van der Waals surface area contributed by atoms with Crippen molar-refractivity contribution < 1.29 is 0 Å². The average Bonchev–Trinajstić information content (AvgIpc) is 2.98. The number of allylic oxidation sites excluding steroid dienone is 2. The first-order valence-electron chi connectivity index (χ1n) is 20.2. The summed E-state index contributed by atoms with van der Waals surface area (Å²) in [6.07, 6.45) is 42.1. The molecule has 0 aromatic carbocycles. The topological polar surface area (TPSA) is 6.48 Å². The van der Waals surface area contributed by atoms with Crippen molar-refractivity contribution in [1.82, 2.24) is 9.80 Å². The van der Waals surface area contributed by atoms with Gasteiger partial charge in [0.15, 0.2) is 0 Å². The van der Waals surface area contributed by atoms with Crippen molar-refractivity contribution >= 4 is 0 Å². The van der Waals surface area contributed by atoms with Crippen LogP contribution in [0.15, 0.2) is 12.2 Å². The van der Waals surface area contributed by atoms with Crippen molar-refractivity contribution in [3.8, 4) is 0 Å². The lowest BCUT2D eigenvalue weighted by Gasteiger charge is -2.25. The first-order valence-corrected chi connectivity index (χ1v) is 20.2. The Morgan fingerprint density at radius 2 is 0.932 bits per heavy atom. The molecule has 1 radical (unpaired) electrons. The van der Waals surface area contributed by atoms with E-state index in [1.165, 1.54) is 187 Å². The molecule has 263 valence electrons. The zero-order valence-electron chi connectivity index (χ0n) is 31.9. The fourth-order valence-electron chi connectivity index (χ4n) is 6.52. The molecule has 1 unspecified atom stereocenters.